The number of benzene rings is 2. The Kier molecular flexibility index (Phi) is 4.97. The lowest BCUT2D eigenvalue weighted by molar-refractivity contribution is -0.0498. The van der Waals surface area contributed by atoms with E-state index in [0.29, 0.717) is 16.1 Å². The van der Waals surface area contributed by atoms with Gasteiger partial charge in [0, 0.05) is 16.1 Å². The molecule has 7 heteroatoms. The third-order valence-corrected chi connectivity index (χ3v) is 4.11. The molecule has 0 atom stereocenters. The molecule has 1 nitrogen and oxygen atoms in total. The van der Waals surface area contributed by atoms with Crippen LogP contribution in [0, 0.1) is 0 Å². The molecule has 0 N–H and O–H groups in total. The van der Waals surface area contributed by atoms with Crippen molar-refractivity contribution in [3.05, 3.63) is 50.4 Å². The van der Waals surface area contributed by atoms with Gasteiger partial charge < -0.3 is 4.74 Å². The van der Waals surface area contributed by atoms with Crippen LogP contribution in [0.25, 0.3) is 11.1 Å². The van der Waals surface area contributed by atoms with E-state index in [2.05, 4.69) is 4.74 Å². The van der Waals surface area contributed by atoms with E-state index < -0.39 is 6.61 Å². The fraction of sp³-hybridized carbons (Fsp3) is 0.0769. The first-order chi connectivity index (χ1) is 9.40. The maximum absolute atomic E-state index is 12.2. The smallest absolute Gasteiger partial charge is 0.387 e. The molecule has 0 heterocycles. The minimum atomic E-state index is -2.92. The topological polar surface area (TPSA) is 9.23 Å². The Hall–Kier alpha value is -0.740. The van der Waals surface area contributed by atoms with Gasteiger partial charge in [0.2, 0.25) is 0 Å². The number of hydrogen-bond acceptors (Lipinski definition) is 1. The van der Waals surface area contributed by atoms with Gasteiger partial charge in [0.05, 0.1) is 15.1 Å². The van der Waals surface area contributed by atoms with Crippen LogP contribution in [0.1, 0.15) is 0 Å². The quantitative estimate of drug-likeness (QED) is 0.564. The fourth-order valence-electron chi connectivity index (χ4n) is 1.62. The third-order valence-electron chi connectivity index (χ3n) is 2.49. The molecule has 0 radical (unpaired) electrons. The van der Waals surface area contributed by atoms with Crippen LogP contribution in [-0.2, 0) is 0 Å². The summed E-state index contributed by atoms with van der Waals surface area (Å²) in [5.74, 6) is -0.0264. The molecule has 0 aromatic heterocycles. The molecule has 0 spiro atoms. The Labute approximate surface area is 134 Å². The molecule has 106 valence electrons. The SMILES string of the molecule is FC(F)Oc1ccc(Cl)c(-c2ccc(Cl)c(Cl)c2Cl)c1. The largest absolute Gasteiger partial charge is 0.435 e. The van der Waals surface area contributed by atoms with Crippen LogP contribution in [0.3, 0.4) is 0 Å². The van der Waals surface area contributed by atoms with Crippen molar-refractivity contribution in [2.75, 3.05) is 0 Å². The number of rotatable bonds is 3. The zero-order valence-corrected chi connectivity index (χ0v) is 12.7. The summed E-state index contributed by atoms with van der Waals surface area (Å²) >= 11 is 23.9. The predicted molar refractivity (Wildman–Crippen MR) is 78.6 cm³/mol. The lowest BCUT2D eigenvalue weighted by Gasteiger charge is -2.11. The van der Waals surface area contributed by atoms with Crippen LogP contribution in [0.15, 0.2) is 30.3 Å². The maximum Gasteiger partial charge on any atom is 0.387 e. The summed E-state index contributed by atoms with van der Waals surface area (Å²) in [5.41, 5.74) is 0.902. The Morgan fingerprint density at radius 2 is 1.45 bits per heavy atom. The summed E-state index contributed by atoms with van der Waals surface area (Å²) in [6, 6.07) is 7.28. The summed E-state index contributed by atoms with van der Waals surface area (Å²) in [4.78, 5) is 0. The molecule has 0 saturated heterocycles. The molecule has 0 amide bonds. The van der Waals surface area contributed by atoms with Crippen molar-refractivity contribution < 1.29 is 13.5 Å². The highest BCUT2D eigenvalue weighted by Crippen LogP contribution is 2.41. The zero-order valence-electron chi connectivity index (χ0n) is 9.64. The zero-order chi connectivity index (χ0) is 14.9. The van der Waals surface area contributed by atoms with Crippen LogP contribution < -0.4 is 4.74 Å². The molecule has 0 aliphatic rings. The van der Waals surface area contributed by atoms with Crippen LogP contribution in [-0.4, -0.2) is 6.61 Å². The Bertz CT molecular complexity index is 647. The molecule has 0 saturated carbocycles. The maximum atomic E-state index is 12.2. The van der Waals surface area contributed by atoms with Crippen LogP contribution in [0.4, 0.5) is 8.78 Å². The Morgan fingerprint density at radius 3 is 2.10 bits per heavy atom. The van der Waals surface area contributed by atoms with Gasteiger partial charge >= 0.3 is 6.61 Å². The predicted octanol–water partition coefficient (Wildman–Crippen LogP) is 6.57. The lowest BCUT2D eigenvalue weighted by Crippen LogP contribution is -2.01. The minimum Gasteiger partial charge on any atom is -0.435 e. The first kappa shape index (κ1) is 15.6. The first-order valence-corrected chi connectivity index (χ1v) is 6.79. The van der Waals surface area contributed by atoms with Crippen molar-refractivity contribution in [2.45, 2.75) is 6.61 Å². The summed E-state index contributed by atoms with van der Waals surface area (Å²) in [7, 11) is 0. The summed E-state index contributed by atoms with van der Waals surface area (Å²) in [5, 5.41) is 0.973. The standard InChI is InChI=1S/C13H6Cl4F2O/c14-9-3-1-6(20-13(18)19)5-8(9)7-2-4-10(15)12(17)11(7)16/h1-5,13H. The van der Waals surface area contributed by atoms with Crippen molar-refractivity contribution >= 4 is 46.4 Å². The van der Waals surface area contributed by atoms with Crippen LogP contribution in [0.5, 0.6) is 5.75 Å². The summed E-state index contributed by atoms with van der Waals surface area (Å²) < 4.78 is 28.8. The van der Waals surface area contributed by atoms with Gasteiger partial charge in [0.15, 0.2) is 0 Å². The van der Waals surface area contributed by atoms with Gasteiger partial charge in [-0.3, -0.25) is 0 Å². The number of halogens is 6. The molecular weight excluding hydrogens is 352 g/mol. The normalized spacial score (nSPS) is 10.9. The highest BCUT2D eigenvalue weighted by molar-refractivity contribution is 6.49. The third kappa shape index (κ3) is 3.29. The van der Waals surface area contributed by atoms with Crippen molar-refractivity contribution in [3.63, 3.8) is 0 Å². The average molecular weight is 358 g/mol. The molecule has 0 unspecified atom stereocenters. The van der Waals surface area contributed by atoms with E-state index in [1.807, 2.05) is 0 Å². The molecule has 0 fully saturated rings. The Morgan fingerprint density at radius 1 is 0.800 bits per heavy atom. The molecular formula is C13H6Cl4F2O. The molecule has 0 bridgehead atoms. The molecule has 0 aliphatic carbocycles. The van der Waals surface area contributed by atoms with Gasteiger partial charge in [0.1, 0.15) is 5.75 Å². The number of hydrogen-bond donors (Lipinski definition) is 0. The van der Waals surface area contributed by atoms with Gasteiger partial charge in [0.25, 0.3) is 0 Å². The molecule has 2 rings (SSSR count). The molecule has 20 heavy (non-hydrogen) atoms. The van der Waals surface area contributed by atoms with Crippen molar-refractivity contribution in [2.24, 2.45) is 0 Å². The molecule has 2 aromatic carbocycles. The lowest BCUT2D eigenvalue weighted by atomic mass is 10.1. The molecule has 2 aromatic rings. The van der Waals surface area contributed by atoms with Gasteiger partial charge in [-0.25, -0.2) is 0 Å². The number of ether oxygens (including phenoxy) is 1. The van der Waals surface area contributed by atoms with E-state index >= 15 is 0 Å². The van der Waals surface area contributed by atoms with Crippen molar-refractivity contribution in [1.82, 2.24) is 0 Å². The van der Waals surface area contributed by atoms with E-state index in [9.17, 15) is 8.78 Å². The van der Waals surface area contributed by atoms with Gasteiger partial charge in [-0.1, -0.05) is 52.5 Å². The summed E-state index contributed by atoms with van der Waals surface area (Å²) in [6.45, 7) is -2.92. The second kappa shape index (κ2) is 6.35. The second-order valence-electron chi connectivity index (χ2n) is 3.74. The average Bonchev–Trinajstić information content (AvgIpc) is 2.38. The minimum absolute atomic E-state index is 0.0264. The fourth-order valence-corrected chi connectivity index (χ4v) is 2.48. The van der Waals surface area contributed by atoms with Gasteiger partial charge in [-0.05, 0) is 24.3 Å². The highest BCUT2D eigenvalue weighted by atomic mass is 35.5. The van der Waals surface area contributed by atoms with E-state index in [0.717, 1.165) is 0 Å². The van der Waals surface area contributed by atoms with Gasteiger partial charge in [-0.15, -0.1) is 0 Å². The number of alkyl halides is 2. The van der Waals surface area contributed by atoms with Crippen molar-refractivity contribution in [1.29, 1.82) is 0 Å². The van der Waals surface area contributed by atoms with Gasteiger partial charge in [-0.2, -0.15) is 8.78 Å². The highest BCUT2D eigenvalue weighted by Gasteiger charge is 2.15. The Balaban J connectivity index is 2.54. The molecule has 0 aliphatic heterocycles. The summed E-state index contributed by atoms with van der Waals surface area (Å²) in [6.07, 6.45) is 0. The monoisotopic (exact) mass is 356 g/mol. The van der Waals surface area contributed by atoms with Crippen LogP contribution in [0.2, 0.25) is 20.1 Å². The van der Waals surface area contributed by atoms with Crippen molar-refractivity contribution in [3.8, 4) is 16.9 Å². The van der Waals surface area contributed by atoms with E-state index in [4.69, 9.17) is 46.4 Å². The second-order valence-corrected chi connectivity index (χ2v) is 5.31. The van der Waals surface area contributed by atoms with E-state index in [1.165, 1.54) is 18.2 Å². The first-order valence-electron chi connectivity index (χ1n) is 5.28. The van der Waals surface area contributed by atoms with E-state index in [-0.39, 0.29) is 20.8 Å². The van der Waals surface area contributed by atoms with E-state index in [1.54, 1.807) is 12.1 Å². The van der Waals surface area contributed by atoms with Crippen LogP contribution >= 0.6 is 46.4 Å².